The second kappa shape index (κ2) is 5.68. The summed E-state index contributed by atoms with van der Waals surface area (Å²) < 4.78 is 1.81. The van der Waals surface area contributed by atoms with Gasteiger partial charge in [-0.2, -0.15) is 0 Å². The van der Waals surface area contributed by atoms with Crippen LogP contribution in [0.1, 0.15) is 18.9 Å². The number of likely N-dealkylation sites (tertiary alicyclic amines) is 1. The molecule has 6 heteroatoms. The maximum atomic E-state index is 5.85. The van der Waals surface area contributed by atoms with E-state index in [0.717, 1.165) is 37.2 Å². The molecule has 0 radical (unpaired) electrons. The number of benzene rings is 1. The second-order valence-electron chi connectivity index (χ2n) is 6.01. The maximum absolute atomic E-state index is 5.85. The van der Waals surface area contributed by atoms with Crippen molar-refractivity contribution in [3.63, 3.8) is 0 Å². The highest BCUT2D eigenvalue weighted by Gasteiger charge is 2.32. The van der Waals surface area contributed by atoms with Crippen LogP contribution >= 0.6 is 12.4 Å². The van der Waals surface area contributed by atoms with Crippen molar-refractivity contribution in [2.24, 2.45) is 18.2 Å². The zero-order chi connectivity index (χ0) is 13.5. The van der Waals surface area contributed by atoms with E-state index >= 15 is 0 Å². The van der Waals surface area contributed by atoms with Crippen LogP contribution in [0.2, 0.25) is 0 Å². The molecular weight excluding hydrogens is 274 g/mol. The largest absolute Gasteiger partial charge is 0.330 e. The summed E-state index contributed by atoms with van der Waals surface area (Å²) in [6, 6.07) is 6.41. The minimum Gasteiger partial charge on any atom is -0.330 e. The predicted octanol–water partition coefficient (Wildman–Crippen LogP) is 1.56. The highest BCUT2D eigenvalue weighted by Crippen LogP contribution is 2.29. The molecule has 5 nitrogen and oxygen atoms in total. The van der Waals surface area contributed by atoms with Gasteiger partial charge in [0.05, 0.1) is 5.52 Å². The smallest absolute Gasteiger partial charge is 0.113 e. The van der Waals surface area contributed by atoms with Gasteiger partial charge in [0.25, 0.3) is 0 Å². The molecule has 0 aliphatic carbocycles. The molecule has 110 valence electrons. The number of rotatable bonds is 3. The Morgan fingerprint density at radius 2 is 2.20 bits per heavy atom. The van der Waals surface area contributed by atoms with Crippen LogP contribution in [0.5, 0.6) is 0 Å². The first-order valence-corrected chi connectivity index (χ1v) is 6.80. The highest BCUT2D eigenvalue weighted by molar-refractivity contribution is 5.85. The lowest BCUT2D eigenvalue weighted by atomic mass is 9.90. The molecule has 1 atom stereocenters. The van der Waals surface area contributed by atoms with Crippen LogP contribution in [0.15, 0.2) is 18.2 Å². The summed E-state index contributed by atoms with van der Waals surface area (Å²) in [7, 11) is 1.92. The van der Waals surface area contributed by atoms with Crippen LogP contribution in [0.4, 0.5) is 0 Å². The van der Waals surface area contributed by atoms with Gasteiger partial charge in [0.15, 0.2) is 0 Å². The molecule has 1 aliphatic heterocycles. The van der Waals surface area contributed by atoms with Crippen LogP contribution in [-0.4, -0.2) is 39.5 Å². The Bertz CT molecular complexity index is 596. The number of aryl methyl sites for hydroxylation is 1. The summed E-state index contributed by atoms with van der Waals surface area (Å²) in [6.45, 7) is 6.24. The van der Waals surface area contributed by atoms with Gasteiger partial charge >= 0.3 is 0 Å². The Balaban J connectivity index is 0.00000147. The molecule has 2 heterocycles. The van der Waals surface area contributed by atoms with E-state index in [1.165, 1.54) is 12.0 Å². The Labute approximate surface area is 125 Å². The highest BCUT2D eigenvalue weighted by atomic mass is 35.5. The maximum Gasteiger partial charge on any atom is 0.113 e. The molecule has 0 amide bonds. The van der Waals surface area contributed by atoms with E-state index < -0.39 is 0 Å². The summed E-state index contributed by atoms with van der Waals surface area (Å²) in [5.41, 5.74) is 9.50. The van der Waals surface area contributed by atoms with Crippen molar-refractivity contribution >= 4 is 23.4 Å². The van der Waals surface area contributed by atoms with Crippen molar-refractivity contribution in [1.29, 1.82) is 0 Å². The fourth-order valence-electron chi connectivity index (χ4n) is 2.87. The molecule has 1 aliphatic rings. The van der Waals surface area contributed by atoms with Crippen molar-refractivity contribution in [1.82, 2.24) is 19.9 Å². The summed E-state index contributed by atoms with van der Waals surface area (Å²) in [4.78, 5) is 2.48. The Hall–Kier alpha value is -1.17. The molecule has 1 saturated heterocycles. The third kappa shape index (κ3) is 2.80. The lowest BCUT2D eigenvalue weighted by Gasteiger charge is -2.22. The van der Waals surface area contributed by atoms with Gasteiger partial charge in [0.2, 0.25) is 0 Å². The summed E-state index contributed by atoms with van der Waals surface area (Å²) in [5, 5.41) is 8.21. The molecule has 1 fully saturated rings. The Kier molecular flexibility index (Phi) is 4.32. The van der Waals surface area contributed by atoms with E-state index in [1.807, 2.05) is 7.05 Å². The lowest BCUT2D eigenvalue weighted by molar-refractivity contribution is 0.274. The zero-order valence-electron chi connectivity index (χ0n) is 12.0. The topological polar surface area (TPSA) is 60.0 Å². The van der Waals surface area contributed by atoms with Gasteiger partial charge in [-0.1, -0.05) is 18.2 Å². The normalized spacial score (nSPS) is 23.1. The third-order valence-corrected chi connectivity index (χ3v) is 4.21. The van der Waals surface area contributed by atoms with Crippen LogP contribution in [0.3, 0.4) is 0 Å². The fraction of sp³-hybridized carbons (Fsp3) is 0.571. The SMILES string of the molecule is Cl.Cn1nnc2cc(CN3CCC(C)(CN)C3)ccc21. The first kappa shape index (κ1) is 15.2. The van der Waals surface area contributed by atoms with E-state index in [-0.39, 0.29) is 17.8 Å². The number of fused-ring (bicyclic) bond motifs is 1. The number of aromatic nitrogens is 3. The van der Waals surface area contributed by atoms with Crippen molar-refractivity contribution < 1.29 is 0 Å². The molecule has 1 aromatic heterocycles. The van der Waals surface area contributed by atoms with Crippen LogP contribution in [0, 0.1) is 5.41 Å². The Morgan fingerprint density at radius 1 is 1.40 bits per heavy atom. The van der Waals surface area contributed by atoms with Gasteiger partial charge in [-0.3, -0.25) is 4.90 Å². The number of hydrogen-bond donors (Lipinski definition) is 1. The third-order valence-electron chi connectivity index (χ3n) is 4.21. The van der Waals surface area contributed by atoms with Gasteiger partial charge in [0.1, 0.15) is 5.52 Å². The Morgan fingerprint density at radius 3 is 2.90 bits per heavy atom. The number of halogens is 1. The molecule has 0 spiro atoms. The minimum absolute atomic E-state index is 0. The number of nitrogens with zero attached hydrogens (tertiary/aromatic N) is 4. The van der Waals surface area contributed by atoms with E-state index in [0.29, 0.717) is 0 Å². The van der Waals surface area contributed by atoms with Crippen molar-refractivity contribution in [3.05, 3.63) is 23.8 Å². The van der Waals surface area contributed by atoms with E-state index in [1.54, 1.807) is 4.68 Å². The molecule has 1 aromatic carbocycles. The molecular formula is C14H22ClN5. The first-order chi connectivity index (χ1) is 9.09. The fourth-order valence-corrected chi connectivity index (χ4v) is 2.87. The molecule has 3 rings (SSSR count). The lowest BCUT2D eigenvalue weighted by Crippen LogP contribution is -2.31. The minimum atomic E-state index is 0. The molecule has 1 unspecified atom stereocenters. The summed E-state index contributed by atoms with van der Waals surface area (Å²) in [6.07, 6.45) is 1.19. The molecule has 0 saturated carbocycles. The van der Waals surface area contributed by atoms with Gasteiger partial charge in [-0.25, -0.2) is 4.68 Å². The first-order valence-electron chi connectivity index (χ1n) is 6.80. The van der Waals surface area contributed by atoms with Crippen molar-refractivity contribution in [3.8, 4) is 0 Å². The van der Waals surface area contributed by atoms with Crippen LogP contribution in [-0.2, 0) is 13.6 Å². The van der Waals surface area contributed by atoms with E-state index in [4.69, 9.17) is 5.73 Å². The predicted molar refractivity (Wildman–Crippen MR) is 82.8 cm³/mol. The second-order valence-corrected chi connectivity index (χ2v) is 6.01. The molecule has 20 heavy (non-hydrogen) atoms. The summed E-state index contributed by atoms with van der Waals surface area (Å²) >= 11 is 0. The molecule has 2 aromatic rings. The number of nitrogens with two attached hydrogens (primary N) is 1. The van der Waals surface area contributed by atoms with Gasteiger partial charge in [-0.05, 0) is 42.6 Å². The zero-order valence-corrected chi connectivity index (χ0v) is 12.9. The quantitative estimate of drug-likeness (QED) is 0.933. The van der Waals surface area contributed by atoms with Crippen LogP contribution < -0.4 is 5.73 Å². The van der Waals surface area contributed by atoms with Crippen LogP contribution in [0.25, 0.3) is 11.0 Å². The van der Waals surface area contributed by atoms with Gasteiger partial charge in [0, 0.05) is 20.1 Å². The average molecular weight is 296 g/mol. The van der Waals surface area contributed by atoms with E-state index in [9.17, 15) is 0 Å². The monoisotopic (exact) mass is 295 g/mol. The standard InChI is InChI=1S/C14H21N5.ClH/c1-14(9-15)5-6-19(10-14)8-11-3-4-13-12(7-11)16-17-18(13)2;/h3-4,7H,5-6,8-10,15H2,1-2H3;1H. The van der Waals surface area contributed by atoms with E-state index in [2.05, 4.69) is 40.3 Å². The van der Waals surface area contributed by atoms with Crippen molar-refractivity contribution in [2.75, 3.05) is 19.6 Å². The average Bonchev–Trinajstić information content (AvgIpc) is 2.95. The van der Waals surface area contributed by atoms with Gasteiger partial charge in [-0.15, -0.1) is 17.5 Å². The molecule has 0 bridgehead atoms. The summed E-state index contributed by atoms with van der Waals surface area (Å²) in [5.74, 6) is 0. The molecule has 2 N–H and O–H groups in total. The number of hydrogen-bond acceptors (Lipinski definition) is 4. The van der Waals surface area contributed by atoms with Gasteiger partial charge < -0.3 is 5.73 Å². The van der Waals surface area contributed by atoms with Crippen molar-refractivity contribution in [2.45, 2.75) is 19.9 Å².